The van der Waals surface area contributed by atoms with Crippen molar-refractivity contribution in [2.24, 2.45) is 5.73 Å². The maximum atomic E-state index is 11.8. The van der Waals surface area contributed by atoms with E-state index in [-0.39, 0.29) is 12.5 Å². The molecule has 0 unspecified atom stereocenters. The molecule has 0 aromatic heterocycles. The molecule has 0 saturated heterocycles. The minimum Gasteiger partial charge on any atom is -0.368 e. The number of anilines is 1. The maximum Gasteiger partial charge on any atom is 0.238 e. The first-order valence-electron chi connectivity index (χ1n) is 5.45. The van der Waals surface area contributed by atoms with Gasteiger partial charge in [-0.2, -0.15) is 0 Å². The van der Waals surface area contributed by atoms with Crippen LogP contribution in [0.1, 0.15) is 6.92 Å². The number of nitrogens with zero attached hydrogens (tertiary/aromatic N) is 1. The molecule has 1 atom stereocenters. The zero-order valence-corrected chi connectivity index (χ0v) is 11.9. The van der Waals surface area contributed by atoms with E-state index in [1.54, 1.807) is 24.9 Å². The highest BCUT2D eigenvalue weighted by Gasteiger charge is 2.17. The number of halogens is 1. The van der Waals surface area contributed by atoms with Gasteiger partial charge in [-0.1, -0.05) is 12.1 Å². The van der Waals surface area contributed by atoms with Gasteiger partial charge in [-0.15, -0.1) is 0 Å². The number of benzene rings is 1. The first-order valence-corrected chi connectivity index (χ1v) is 6.25. The molecule has 0 fully saturated rings. The van der Waals surface area contributed by atoms with Gasteiger partial charge in [0.25, 0.3) is 0 Å². The fourth-order valence-corrected chi connectivity index (χ4v) is 1.72. The van der Waals surface area contributed by atoms with Gasteiger partial charge in [0.15, 0.2) is 0 Å². The lowest BCUT2D eigenvalue weighted by Gasteiger charge is -2.21. The molecule has 0 heterocycles. The Balaban J connectivity index is 2.57. The monoisotopic (exact) mass is 313 g/mol. The van der Waals surface area contributed by atoms with Crippen LogP contribution in [0.15, 0.2) is 28.7 Å². The SMILES string of the molecule is C[C@H](C(N)=O)N(C)CC(=O)Nc1ccccc1Br. The van der Waals surface area contributed by atoms with Gasteiger partial charge in [-0.05, 0) is 42.0 Å². The Labute approximate surface area is 114 Å². The van der Waals surface area contributed by atoms with E-state index in [2.05, 4.69) is 21.2 Å². The van der Waals surface area contributed by atoms with Crippen LogP contribution in [0.4, 0.5) is 5.69 Å². The summed E-state index contributed by atoms with van der Waals surface area (Å²) in [5, 5.41) is 2.76. The standard InChI is InChI=1S/C12H16BrN3O2/c1-8(12(14)18)16(2)7-11(17)15-10-6-4-3-5-9(10)13/h3-6,8H,7H2,1-2H3,(H2,14,18)(H,15,17)/t8-/m1/s1. The number of para-hydroxylation sites is 1. The van der Waals surface area contributed by atoms with Crippen LogP contribution in [0.3, 0.4) is 0 Å². The number of hydrogen-bond acceptors (Lipinski definition) is 3. The zero-order chi connectivity index (χ0) is 13.7. The minimum absolute atomic E-state index is 0.103. The number of likely N-dealkylation sites (N-methyl/N-ethyl adjacent to an activating group) is 1. The molecule has 1 rings (SSSR count). The number of carbonyl (C=O) groups excluding carboxylic acids is 2. The Bertz CT molecular complexity index is 451. The summed E-state index contributed by atoms with van der Waals surface area (Å²) in [5.74, 6) is -0.649. The van der Waals surface area contributed by atoms with Crippen LogP contribution in [-0.4, -0.2) is 36.3 Å². The van der Waals surface area contributed by atoms with Crippen LogP contribution in [0, 0.1) is 0 Å². The third-order valence-corrected chi connectivity index (χ3v) is 3.31. The highest BCUT2D eigenvalue weighted by atomic mass is 79.9. The lowest BCUT2D eigenvalue weighted by atomic mass is 10.3. The van der Waals surface area contributed by atoms with Crippen LogP contribution >= 0.6 is 15.9 Å². The zero-order valence-electron chi connectivity index (χ0n) is 10.3. The van der Waals surface area contributed by atoms with E-state index in [1.165, 1.54) is 0 Å². The van der Waals surface area contributed by atoms with E-state index in [9.17, 15) is 9.59 Å². The fraction of sp³-hybridized carbons (Fsp3) is 0.333. The number of amides is 2. The minimum atomic E-state index is -0.477. The summed E-state index contributed by atoms with van der Waals surface area (Å²) in [4.78, 5) is 24.3. The predicted octanol–water partition coefficient (Wildman–Crippen LogP) is 1.19. The van der Waals surface area contributed by atoms with Gasteiger partial charge in [-0.25, -0.2) is 0 Å². The quantitative estimate of drug-likeness (QED) is 0.857. The smallest absolute Gasteiger partial charge is 0.238 e. The summed E-state index contributed by atoms with van der Waals surface area (Å²) in [6.07, 6.45) is 0. The van der Waals surface area contributed by atoms with E-state index in [4.69, 9.17) is 5.73 Å². The van der Waals surface area contributed by atoms with Gasteiger partial charge in [0, 0.05) is 4.47 Å². The number of nitrogens with two attached hydrogens (primary N) is 1. The van der Waals surface area contributed by atoms with Gasteiger partial charge in [0.2, 0.25) is 11.8 Å². The summed E-state index contributed by atoms with van der Waals surface area (Å²) in [6.45, 7) is 1.76. The highest BCUT2D eigenvalue weighted by Crippen LogP contribution is 2.20. The first-order chi connectivity index (χ1) is 8.41. The van der Waals surface area contributed by atoms with Crippen molar-refractivity contribution in [3.63, 3.8) is 0 Å². The highest BCUT2D eigenvalue weighted by molar-refractivity contribution is 9.10. The van der Waals surface area contributed by atoms with Gasteiger partial charge < -0.3 is 11.1 Å². The second-order valence-electron chi connectivity index (χ2n) is 4.02. The van der Waals surface area contributed by atoms with Gasteiger partial charge in [0.05, 0.1) is 18.3 Å². The molecule has 18 heavy (non-hydrogen) atoms. The van der Waals surface area contributed by atoms with E-state index in [1.807, 2.05) is 18.2 Å². The number of nitrogens with one attached hydrogen (secondary N) is 1. The molecule has 0 saturated carbocycles. The second-order valence-corrected chi connectivity index (χ2v) is 4.88. The third-order valence-electron chi connectivity index (χ3n) is 2.61. The average molecular weight is 314 g/mol. The summed E-state index contributed by atoms with van der Waals surface area (Å²) in [6, 6.07) is 6.84. The molecule has 0 aliphatic heterocycles. The van der Waals surface area contributed by atoms with Crippen molar-refractivity contribution in [3.05, 3.63) is 28.7 Å². The summed E-state index contributed by atoms with van der Waals surface area (Å²) in [7, 11) is 1.68. The van der Waals surface area contributed by atoms with Crippen molar-refractivity contribution >= 4 is 33.4 Å². The van der Waals surface area contributed by atoms with E-state index in [0.717, 1.165) is 4.47 Å². The lowest BCUT2D eigenvalue weighted by molar-refractivity contribution is -0.123. The van der Waals surface area contributed by atoms with E-state index < -0.39 is 11.9 Å². The van der Waals surface area contributed by atoms with Crippen LogP contribution in [0.5, 0.6) is 0 Å². The first kappa shape index (κ1) is 14.7. The number of hydrogen-bond donors (Lipinski definition) is 2. The molecule has 0 radical (unpaired) electrons. The van der Waals surface area contributed by atoms with Crippen LogP contribution in [0.25, 0.3) is 0 Å². The van der Waals surface area contributed by atoms with Gasteiger partial charge in [-0.3, -0.25) is 14.5 Å². The molecular formula is C12H16BrN3O2. The second kappa shape index (κ2) is 6.51. The van der Waals surface area contributed by atoms with Gasteiger partial charge >= 0.3 is 0 Å². The molecule has 5 nitrogen and oxygen atoms in total. The molecule has 1 aromatic carbocycles. The van der Waals surface area contributed by atoms with Gasteiger partial charge in [0.1, 0.15) is 0 Å². The molecular weight excluding hydrogens is 298 g/mol. The Morgan fingerprint density at radius 2 is 2.06 bits per heavy atom. The van der Waals surface area contributed by atoms with Crippen LogP contribution in [-0.2, 0) is 9.59 Å². The van der Waals surface area contributed by atoms with E-state index >= 15 is 0 Å². The fourth-order valence-electron chi connectivity index (χ4n) is 1.33. The van der Waals surface area contributed by atoms with Crippen LogP contribution in [0.2, 0.25) is 0 Å². The van der Waals surface area contributed by atoms with Crippen molar-refractivity contribution in [2.75, 3.05) is 18.9 Å². The Kier molecular flexibility index (Phi) is 5.30. The molecule has 3 N–H and O–H groups in total. The van der Waals surface area contributed by atoms with Crippen molar-refractivity contribution in [1.82, 2.24) is 4.90 Å². The van der Waals surface area contributed by atoms with E-state index in [0.29, 0.717) is 5.69 Å². The summed E-state index contributed by atoms with van der Waals surface area (Å²) in [5.41, 5.74) is 5.87. The molecule has 0 spiro atoms. The van der Waals surface area contributed by atoms with Crippen molar-refractivity contribution in [1.29, 1.82) is 0 Å². The molecule has 2 amide bonds. The molecule has 0 aliphatic carbocycles. The topological polar surface area (TPSA) is 75.4 Å². The Morgan fingerprint density at radius 3 is 2.61 bits per heavy atom. The van der Waals surface area contributed by atoms with Crippen molar-refractivity contribution < 1.29 is 9.59 Å². The maximum absolute atomic E-state index is 11.8. The molecule has 6 heteroatoms. The number of primary amides is 1. The van der Waals surface area contributed by atoms with Crippen molar-refractivity contribution in [3.8, 4) is 0 Å². The molecule has 98 valence electrons. The largest absolute Gasteiger partial charge is 0.368 e. The summed E-state index contributed by atoms with van der Waals surface area (Å²) >= 11 is 3.34. The normalized spacial score (nSPS) is 12.2. The third kappa shape index (κ3) is 4.12. The van der Waals surface area contributed by atoms with Crippen LogP contribution < -0.4 is 11.1 Å². The Hall–Kier alpha value is -1.40. The Morgan fingerprint density at radius 1 is 1.44 bits per heavy atom. The molecule has 0 bridgehead atoms. The molecule has 1 aromatic rings. The lowest BCUT2D eigenvalue weighted by Crippen LogP contribution is -2.43. The average Bonchev–Trinajstić information content (AvgIpc) is 2.30. The summed E-state index contributed by atoms with van der Waals surface area (Å²) < 4.78 is 0.809. The number of carbonyl (C=O) groups is 2. The predicted molar refractivity (Wildman–Crippen MR) is 74.1 cm³/mol. The molecule has 0 aliphatic rings. The van der Waals surface area contributed by atoms with Crippen molar-refractivity contribution in [2.45, 2.75) is 13.0 Å². The number of rotatable bonds is 5.